The van der Waals surface area contributed by atoms with E-state index in [4.69, 9.17) is 4.74 Å². The molecule has 0 aliphatic heterocycles. The Morgan fingerprint density at radius 2 is 2.55 bits per heavy atom. The summed E-state index contributed by atoms with van der Waals surface area (Å²) in [4.78, 5) is 24.6. The summed E-state index contributed by atoms with van der Waals surface area (Å²) in [5, 5.41) is 4.10. The third-order valence-corrected chi connectivity index (χ3v) is 4.36. The number of nitrogens with one attached hydrogen (secondary N) is 2. The SMILES string of the molecule is CCOC(=O)C1CCc2sc(NCc3cnc[nH]3)nc21. The van der Waals surface area contributed by atoms with E-state index in [1.54, 1.807) is 23.9 Å². The number of carbonyl (C=O) groups excluding carboxylic acids is 1. The Balaban J connectivity index is 1.68. The van der Waals surface area contributed by atoms with Gasteiger partial charge in [0.25, 0.3) is 0 Å². The van der Waals surface area contributed by atoms with Crippen molar-refractivity contribution in [3.63, 3.8) is 0 Å². The average Bonchev–Trinajstić information content (AvgIpc) is 3.13. The summed E-state index contributed by atoms with van der Waals surface area (Å²) in [6.45, 7) is 2.89. The number of fused-ring (bicyclic) bond motifs is 1. The summed E-state index contributed by atoms with van der Waals surface area (Å²) in [7, 11) is 0. The van der Waals surface area contributed by atoms with E-state index < -0.39 is 0 Å². The molecule has 1 atom stereocenters. The monoisotopic (exact) mass is 292 g/mol. The molecule has 0 radical (unpaired) electrons. The summed E-state index contributed by atoms with van der Waals surface area (Å²) >= 11 is 1.62. The van der Waals surface area contributed by atoms with Gasteiger partial charge in [0, 0.05) is 11.1 Å². The molecule has 3 rings (SSSR count). The highest BCUT2D eigenvalue weighted by atomic mass is 32.1. The number of rotatable bonds is 5. The lowest BCUT2D eigenvalue weighted by molar-refractivity contribution is -0.145. The van der Waals surface area contributed by atoms with Crippen LogP contribution < -0.4 is 5.32 Å². The van der Waals surface area contributed by atoms with E-state index in [1.165, 1.54) is 4.88 Å². The van der Waals surface area contributed by atoms with Gasteiger partial charge < -0.3 is 15.0 Å². The molecule has 6 nitrogen and oxygen atoms in total. The van der Waals surface area contributed by atoms with Gasteiger partial charge in [0.05, 0.1) is 30.9 Å². The molecule has 7 heteroatoms. The highest BCUT2D eigenvalue weighted by Crippen LogP contribution is 2.38. The minimum Gasteiger partial charge on any atom is -0.465 e. The molecule has 2 aromatic rings. The average molecular weight is 292 g/mol. The maximum atomic E-state index is 11.9. The van der Waals surface area contributed by atoms with Gasteiger partial charge in [-0.15, -0.1) is 11.3 Å². The molecule has 1 aliphatic carbocycles. The first-order chi connectivity index (χ1) is 9.78. The molecule has 2 N–H and O–H groups in total. The van der Waals surface area contributed by atoms with Gasteiger partial charge in [-0.3, -0.25) is 4.79 Å². The number of aromatic amines is 1. The van der Waals surface area contributed by atoms with E-state index in [9.17, 15) is 4.79 Å². The number of imidazole rings is 1. The largest absolute Gasteiger partial charge is 0.465 e. The van der Waals surface area contributed by atoms with Crippen molar-refractivity contribution < 1.29 is 9.53 Å². The molecule has 2 heterocycles. The summed E-state index contributed by atoms with van der Waals surface area (Å²) in [5.74, 6) is -0.347. The highest BCUT2D eigenvalue weighted by Gasteiger charge is 2.33. The van der Waals surface area contributed by atoms with Crippen LogP contribution in [0.25, 0.3) is 0 Å². The molecule has 0 aromatic carbocycles. The van der Waals surface area contributed by atoms with Crippen LogP contribution in [0.15, 0.2) is 12.5 Å². The van der Waals surface area contributed by atoms with Crippen LogP contribution in [0.1, 0.15) is 35.5 Å². The third-order valence-electron chi connectivity index (χ3n) is 3.27. The molecule has 20 heavy (non-hydrogen) atoms. The van der Waals surface area contributed by atoms with Gasteiger partial charge in [-0.2, -0.15) is 0 Å². The van der Waals surface area contributed by atoms with Crippen molar-refractivity contribution in [2.75, 3.05) is 11.9 Å². The molecule has 0 saturated carbocycles. The Hall–Kier alpha value is -1.89. The number of aryl methyl sites for hydroxylation is 1. The van der Waals surface area contributed by atoms with Gasteiger partial charge in [0.2, 0.25) is 0 Å². The van der Waals surface area contributed by atoms with Crippen molar-refractivity contribution in [3.05, 3.63) is 28.8 Å². The zero-order valence-electron chi connectivity index (χ0n) is 11.2. The van der Waals surface area contributed by atoms with Crippen LogP contribution in [-0.4, -0.2) is 27.5 Å². The third kappa shape index (κ3) is 2.53. The van der Waals surface area contributed by atoms with E-state index in [1.807, 2.05) is 6.92 Å². The van der Waals surface area contributed by atoms with Crippen molar-refractivity contribution in [2.45, 2.75) is 32.2 Å². The van der Waals surface area contributed by atoms with Gasteiger partial charge in [0.15, 0.2) is 5.13 Å². The number of aromatic nitrogens is 3. The first kappa shape index (κ1) is 13.1. The van der Waals surface area contributed by atoms with Crippen LogP contribution in [0.5, 0.6) is 0 Å². The topological polar surface area (TPSA) is 79.9 Å². The molecule has 2 aromatic heterocycles. The number of thiazole rings is 1. The number of hydrogen-bond acceptors (Lipinski definition) is 6. The lowest BCUT2D eigenvalue weighted by Gasteiger charge is -2.07. The predicted molar refractivity (Wildman–Crippen MR) is 75.7 cm³/mol. The van der Waals surface area contributed by atoms with E-state index >= 15 is 0 Å². The molecule has 0 amide bonds. The molecule has 0 fully saturated rings. The number of anilines is 1. The second kappa shape index (κ2) is 5.62. The van der Waals surface area contributed by atoms with Crippen molar-refractivity contribution >= 4 is 22.4 Å². The van der Waals surface area contributed by atoms with E-state index in [-0.39, 0.29) is 11.9 Å². The smallest absolute Gasteiger partial charge is 0.315 e. The second-order valence-corrected chi connectivity index (χ2v) is 5.68. The minimum absolute atomic E-state index is 0.156. The fourth-order valence-electron chi connectivity index (χ4n) is 2.33. The quantitative estimate of drug-likeness (QED) is 0.825. The van der Waals surface area contributed by atoms with Crippen molar-refractivity contribution in [2.24, 2.45) is 0 Å². The molecule has 0 bridgehead atoms. The Labute approximate surface area is 120 Å². The normalized spacial score (nSPS) is 16.9. The Bertz CT molecular complexity index is 594. The first-order valence-electron chi connectivity index (χ1n) is 6.65. The number of H-pyrrole nitrogens is 1. The Kier molecular flexibility index (Phi) is 3.68. The van der Waals surface area contributed by atoms with Gasteiger partial charge >= 0.3 is 5.97 Å². The fraction of sp³-hybridized carbons (Fsp3) is 0.462. The lowest BCUT2D eigenvalue weighted by Crippen LogP contribution is -2.14. The van der Waals surface area contributed by atoms with Crippen LogP contribution in [0.4, 0.5) is 5.13 Å². The summed E-state index contributed by atoms with van der Waals surface area (Å²) < 4.78 is 5.10. The van der Waals surface area contributed by atoms with E-state index in [0.29, 0.717) is 13.2 Å². The number of nitrogens with zero attached hydrogens (tertiary/aromatic N) is 2. The van der Waals surface area contributed by atoms with Crippen molar-refractivity contribution in [3.8, 4) is 0 Å². The summed E-state index contributed by atoms with van der Waals surface area (Å²) in [5.41, 5.74) is 1.89. The molecule has 0 spiro atoms. The van der Waals surface area contributed by atoms with Crippen molar-refractivity contribution in [1.82, 2.24) is 15.0 Å². The molecular formula is C13H16N4O2S. The summed E-state index contributed by atoms with van der Waals surface area (Å²) in [6, 6.07) is 0. The van der Waals surface area contributed by atoms with Crippen LogP contribution in [0, 0.1) is 0 Å². The Morgan fingerprint density at radius 3 is 3.30 bits per heavy atom. The minimum atomic E-state index is -0.191. The number of esters is 1. The maximum absolute atomic E-state index is 11.9. The van der Waals surface area contributed by atoms with Gasteiger partial charge in [-0.1, -0.05) is 0 Å². The van der Waals surface area contributed by atoms with Crippen LogP contribution >= 0.6 is 11.3 Å². The van der Waals surface area contributed by atoms with Crippen LogP contribution in [-0.2, 0) is 22.5 Å². The maximum Gasteiger partial charge on any atom is 0.315 e. The number of carbonyl (C=O) groups is 1. The predicted octanol–water partition coefficient (Wildman–Crippen LogP) is 2.07. The molecule has 1 aliphatic rings. The highest BCUT2D eigenvalue weighted by molar-refractivity contribution is 7.15. The van der Waals surface area contributed by atoms with E-state index in [2.05, 4.69) is 20.3 Å². The van der Waals surface area contributed by atoms with Gasteiger partial charge in [-0.05, 0) is 19.8 Å². The molecular weight excluding hydrogens is 276 g/mol. The molecule has 0 saturated heterocycles. The standard InChI is InChI=1S/C13H16N4O2S/c1-2-19-12(18)9-3-4-10-11(9)17-13(20-10)15-6-8-5-14-7-16-8/h5,7,9H,2-4,6H2,1H3,(H,14,16)(H,15,17). The van der Waals surface area contributed by atoms with Gasteiger partial charge in [0.1, 0.15) is 5.92 Å². The van der Waals surface area contributed by atoms with Crippen LogP contribution in [0.3, 0.4) is 0 Å². The lowest BCUT2D eigenvalue weighted by atomic mass is 10.1. The van der Waals surface area contributed by atoms with Crippen LogP contribution in [0.2, 0.25) is 0 Å². The second-order valence-electron chi connectivity index (χ2n) is 4.60. The number of hydrogen-bond donors (Lipinski definition) is 2. The Morgan fingerprint density at radius 1 is 1.65 bits per heavy atom. The van der Waals surface area contributed by atoms with E-state index in [0.717, 1.165) is 29.4 Å². The molecule has 1 unspecified atom stereocenters. The van der Waals surface area contributed by atoms with Gasteiger partial charge in [-0.25, -0.2) is 9.97 Å². The number of ether oxygens (including phenoxy) is 1. The summed E-state index contributed by atoms with van der Waals surface area (Å²) in [6.07, 6.45) is 5.14. The zero-order valence-corrected chi connectivity index (χ0v) is 12.0. The van der Waals surface area contributed by atoms with Crippen molar-refractivity contribution in [1.29, 1.82) is 0 Å². The zero-order chi connectivity index (χ0) is 13.9. The fourth-order valence-corrected chi connectivity index (χ4v) is 3.36. The molecule has 106 valence electrons. The first-order valence-corrected chi connectivity index (χ1v) is 7.47.